The van der Waals surface area contributed by atoms with Crippen LogP contribution in [0.1, 0.15) is 26.3 Å². The summed E-state index contributed by atoms with van der Waals surface area (Å²) in [6.45, 7) is 7.03. The molecule has 1 heterocycles. The average Bonchev–Trinajstić information content (AvgIpc) is 2.45. The molecule has 0 atom stereocenters. The molecule has 1 amide bonds. The minimum Gasteiger partial charge on any atom is -0.453 e. The number of fused-ring (bicyclic) bond motifs is 1. The van der Waals surface area contributed by atoms with Gasteiger partial charge in [0.25, 0.3) is 0 Å². The summed E-state index contributed by atoms with van der Waals surface area (Å²) in [4.78, 5) is 23.0. The molecule has 6 heteroatoms. The minimum atomic E-state index is -0.572. The van der Waals surface area contributed by atoms with Gasteiger partial charge in [-0.25, -0.2) is 9.59 Å². The van der Waals surface area contributed by atoms with Crippen LogP contribution in [0.4, 0.5) is 10.5 Å². The Morgan fingerprint density at radius 1 is 1.26 bits per heavy atom. The Kier molecular flexibility index (Phi) is 5.05. The number of amides is 1. The second kappa shape index (κ2) is 6.83. The van der Waals surface area contributed by atoms with E-state index in [4.69, 9.17) is 4.42 Å². The zero-order valence-electron chi connectivity index (χ0n) is 13.9. The van der Waals surface area contributed by atoms with Crippen LogP contribution < -0.4 is 16.3 Å². The molecule has 2 aromatic rings. The quantitative estimate of drug-likeness (QED) is 0.847. The summed E-state index contributed by atoms with van der Waals surface area (Å²) in [5.74, 6) is 0. The smallest absolute Gasteiger partial charge is 0.411 e. The summed E-state index contributed by atoms with van der Waals surface area (Å²) in [5, 5.41) is 6.80. The molecule has 0 aliphatic heterocycles. The summed E-state index contributed by atoms with van der Waals surface area (Å²) < 4.78 is 9.79. The topological polar surface area (TPSA) is 80.6 Å². The maximum atomic E-state index is 11.8. The van der Waals surface area contributed by atoms with Gasteiger partial charge in [-0.1, -0.05) is 0 Å². The number of carbonyl (C=O) groups is 1. The highest BCUT2D eigenvalue weighted by atomic mass is 16.5. The zero-order chi connectivity index (χ0) is 17.0. The Morgan fingerprint density at radius 3 is 2.65 bits per heavy atom. The van der Waals surface area contributed by atoms with E-state index in [2.05, 4.69) is 36.1 Å². The van der Waals surface area contributed by atoms with E-state index < -0.39 is 11.7 Å². The molecule has 2 N–H and O–H groups in total. The molecule has 1 aromatic carbocycles. The first-order valence-electron chi connectivity index (χ1n) is 7.45. The summed E-state index contributed by atoms with van der Waals surface area (Å²) in [6.07, 6.45) is 0.139. The van der Waals surface area contributed by atoms with Crippen LogP contribution in [0.5, 0.6) is 0 Å². The van der Waals surface area contributed by atoms with Gasteiger partial charge in [0.05, 0.1) is 7.11 Å². The normalized spacial score (nSPS) is 11.5. The number of nitrogens with one attached hydrogen (secondary N) is 2. The Balaban J connectivity index is 2.28. The lowest BCUT2D eigenvalue weighted by Gasteiger charge is -2.20. The van der Waals surface area contributed by atoms with Gasteiger partial charge >= 0.3 is 11.7 Å². The van der Waals surface area contributed by atoms with E-state index in [0.29, 0.717) is 17.7 Å². The lowest BCUT2D eigenvalue weighted by atomic mass is 10.0. The number of hydrogen-bond donors (Lipinski definition) is 2. The van der Waals surface area contributed by atoms with E-state index in [1.165, 1.54) is 13.2 Å². The molecule has 0 aliphatic carbocycles. The Bertz CT molecular complexity index is 759. The van der Waals surface area contributed by atoms with Crippen molar-refractivity contribution in [3.63, 3.8) is 0 Å². The van der Waals surface area contributed by atoms with Crippen LogP contribution >= 0.6 is 0 Å². The molecule has 124 valence electrons. The van der Waals surface area contributed by atoms with Crippen LogP contribution in [-0.2, 0) is 11.2 Å². The van der Waals surface area contributed by atoms with Crippen molar-refractivity contribution >= 4 is 22.7 Å². The van der Waals surface area contributed by atoms with Crippen molar-refractivity contribution < 1.29 is 13.9 Å². The third-order valence-corrected chi connectivity index (χ3v) is 3.31. The number of methoxy groups -OCH3 is 1. The highest BCUT2D eigenvalue weighted by molar-refractivity contribution is 5.89. The highest BCUT2D eigenvalue weighted by Crippen LogP contribution is 2.22. The number of ether oxygens (including phenoxy) is 1. The number of anilines is 1. The molecule has 0 unspecified atom stereocenters. The molecule has 6 nitrogen and oxygen atoms in total. The first-order valence-corrected chi connectivity index (χ1v) is 7.45. The van der Waals surface area contributed by atoms with E-state index in [-0.39, 0.29) is 5.54 Å². The first kappa shape index (κ1) is 17.0. The van der Waals surface area contributed by atoms with Gasteiger partial charge in [0.2, 0.25) is 0 Å². The molecular formula is C17H22N2O4. The van der Waals surface area contributed by atoms with Gasteiger partial charge in [-0.2, -0.15) is 0 Å². The Morgan fingerprint density at radius 2 is 2.00 bits per heavy atom. The van der Waals surface area contributed by atoms with Crippen LogP contribution in [0.2, 0.25) is 0 Å². The maximum Gasteiger partial charge on any atom is 0.411 e. The van der Waals surface area contributed by atoms with Gasteiger partial charge in [-0.05, 0) is 51.4 Å². The summed E-state index contributed by atoms with van der Waals surface area (Å²) in [6, 6.07) is 6.71. The molecule has 1 aromatic heterocycles. The number of hydrogen-bond acceptors (Lipinski definition) is 5. The molecule has 0 fully saturated rings. The van der Waals surface area contributed by atoms with E-state index in [1.807, 2.05) is 6.07 Å². The summed E-state index contributed by atoms with van der Waals surface area (Å²) >= 11 is 0. The van der Waals surface area contributed by atoms with E-state index in [9.17, 15) is 9.59 Å². The molecule has 0 radical (unpaired) electrons. The van der Waals surface area contributed by atoms with Crippen LogP contribution in [0.15, 0.2) is 33.5 Å². The third-order valence-electron chi connectivity index (χ3n) is 3.31. The number of carbonyl (C=O) groups excluding carboxylic acids is 1. The number of rotatable bonds is 4. The molecule has 0 bridgehead atoms. The van der Waals surface area contributed by atoms with Gasteiger partial charge in [-0.15, -0.1) is 0 Å². The second-order valence-corrected chi connectivity index (χ2v) is 6.34. The summed E-state index contributed by atoms with van der Waals surface area (Å²) in [5.41, 5.74) is 1.48. The SMILES string of the molecule is COC(=O)Nc1ccc2c(CCNC(C)(C)C)cc(=O)oc2c1. The average molecular weight is 318 g/mol. The van der Waals surface area contributed by atoms with Crippen molar-refractivity contribution in [1.82, 2.24) is 5.32 Å². The zero-order valence-corrected chi connectivity index (χ0v) is 13.9. The van der Waals surface area contributed by atoms with Crippen LogP contribution in [0.25, 0.3) is 11.0 Å². The molecule has 0 aliphatic rings. The van der Waals surface area contributed by atoms with Gasteiger partial charge in [0, 0.05) is 28.7 Å². The van der Waals surface area contributed by atoms with Crippen molar-refractivity contribution in [2.75, 3.05) is 19.0 Å². The van der Waals surface area contributed by atoms with Gasteiger partial charge in [0.15, 0.2) is 0 Å². The highest BCUT2D eigenvalue weighted by Gasteiger charge is 2.11. The molecule has 23 heavy (non-hydrogen) atoms. The largest absolute Gasteiger partial charge is 0.453 e. The van der Waals surface area contributed by atoms with Crippen LogP contribution in [0, 0.1) is 0 Å². The van der Waals surface area contributed by atoms with Crippen molar-refractivity contribution in [3.8, 4) is 0 Å². The third kappa shape index (κ3) is 4.82. The summed E-state index contributed by atoms with van der Waals surface area (Å²) in [7, 11) is 1.29. The second-order valence-electron chi connectivity index (χ2n) is 6.34. The van der Waals surface area contributed by atoms with Crippen molar-refractivity contribution in [2.24, 2.45) is 0 Å². The lowest BCUT2D eigenvalue weighted by Crippen LogP contribution is -2.37. The predicted molar refractivity (Wildman–Crippen MR) is 90.0 cm³/mol. The minimum absolute atomic E-state index is 0.0207. The molecule has 2 rings (SSSR count). The van der Waals surface area contributed by atoms with E-state index >= 15 is 0 Å². The van der Waals surface area contributed by atoms with Crippen LogP contribution in [-0.4, -0.2) is 25.3 Å². The van der Waals surface area contributed by atoms with Gasteiger partial charge in [-0.3, -0.25) is 5.32 Å². The fraction of sp³-hybridized carbons (Fsp3) is 0.412. The van der Waals surface area contributed by atoms with Crippen LogP contribution in [0.3, 0.4) is 0 Å². The number of benzene rings is 1. The monoisotopic (exact) mass is 318 g/mol. The predicted octanol–water partition coefficient (Wildman–Crippen LogP) is 2.90. The standard InChI is InChI=1S/C17H22N2O4/c1-17(2,3)18-8-7-11-9-15(20)23-14-10-12(5-6-13(11)14)19-16(21)22-4/h5-6,9-10,18H,7-8H2,1-4H3,(H,19,21). The van der Waals surface area contributed by atoms with Gasteiger partial charge in [0.1, 0.15) is 5.58 Å². The molecular weight excluding hydrogens is 296 g/mol. The van der Waals surface area contributed by atoms with E-state index in [1.54, 1.807) is 12.1 Å². The first-order chi connectivity index (χ1) is 10.8. The van der Waals surface area contributed by atoms with Crippen molar-refractivity contribution in [1.29, 1.82) is 0 Å². The fourth-order valence-electron chi connectivity index (χ4n) is 2.26. The van der Waals surface area contributed by atoms with Crippen molar-refractivity contribution in [3.05, 3.63) is 40.2 Å². The molecule has 0 spiro atoms. The van der Waals surface area contributed by atoms with E-state index in [0.717, 1.165) is 17.5 Å². The Labute approximate surface area is 134 Å². The van der Waals surface area contributed by atoms with Crippen molar-refractivity contribution in [2.45, 2.75) is 32.7 Å². The molecule has 0 saturated heterocycles. The maximum absolute atomic E-state index is 11.8. The fourth-order valence-corrected chi connectivity index (χ4v) is 2.26. The van der Waals surface area contributed by atoms with Gasteiger partial charge < -0.3 is 14.5 Å². The molecule has 0 saturated carbocycles. The Hall–Kier alpha value is -2.34. The lowest BCUT2D eigenvalue weighted by molar-refractivity contribution is 0.187.